The Kier molecular flexibility index (Phi) is 7.04. The number of aromatic nitrogens is 3. The standard InChI is InChI=1S/C25H22FN3O3S/c1-17(32-22-14-12-21(31-2)13-15-22)24-27-28-25(29(24)20-6-4-3-5-7-20)33-16-23(30)18-8-10-19(26)11-9-18/h3-15,17H,16H2,1-2H3. The maximum absolute atomic E-state index is 13.2. The van der Waals surface area contributed by atoms with Crippen LogP contribution in [0.15, 0.2) is 84.0 Å². The summed E-state index contributed by atoms with van der Waals surface area (Å²) in [6.45, 7) is 1.89. The average Bonchev–Trinajstić information content (AvgIpc) is 3.28. The Morgan fingerprint density at radius 3 is 2.30 bits per heavy atom. The second kappa shape index (κ2) is 10.3. The second-order valence-electron chi connectivity index (χ2n) is 7.17. The highest BCUT2D eigenvalue weighted by Gasteiger charge is 2.22. The van der Waals surface area contributed by atoms with E-state index in [0.29, 0.717) is 22.3 Å². The predicted molar refractivity (Wildman–Crippen MR) is 125 cm³/mol. The number of carbonyl (C=O) groups is 1. The van der Waals surface area contributed by atoms with Gasteiger partial charge in [0, 0.05) is 11.3 Å². The van der Waals surface area contributed by atoms with Crippen molar-refractivity contribution in [2.75, 3.05) is 12.9 Å². The van der Waals surface area contributed by atoms with Crippen LogP contribution in [0.5, 0.6) is 11.5 Å². The van der Waals surface area contributed by atoms with Crippen LogP contribution < -0.4 is 9.47 Å². The van der Waals surface area contributed by atoms with E-state index in [1.165, 1.54) is 36.0 Å². The van der Waals surface area contributed by atoms with Crippen LogP contribution in [0.25, 0.3) is 5.69 Å². The van der Waals surface area contributed by atoms with Crippen LogP contribution >= 0.6 is 11.8 Å². The summed E-state index contributed by atoms with van der Waals surface area (Å²) in [6.07, 6.45) is -0.409. The van der Waals surface area contributed by atoms with Crippen molar-refractivity contribution in [2.45, 2.75) is 18.2 Å². The Hall–Kier alpha value is -3.65. The Balaban J connectivity index is 1.57. The monoisotopic (exact) mass is 463 g/mol. The Bertz CT molecular complexity index is 1210. The van der Waals surface area contributed by atoms with Crippen molar-refractivity contribution in [3.8, 4) is 17.2 Å². The Labute approximate surface area is 195 Å². The fourth-order valence-corrected chi connectivity index (χ4v) is 4.07. The van der Waals surface area contributed by atoms with Crippen LogP contribution in [0.1, 0.15) is 29.2 Å². The molecule has 6 nitrogen and oxygen atoms in total. The van der Waals surface area contributed by atoms with E-state index >= 15 is 0 Å². The molecular weight excluding hydrogens is 441 g/mol. The van der Waals surface area contributed by atoms with Gasteiger partial charge in [-0.15, -0.1) is 10.2 Å². The van der Waals surface area contributed by atoms with E-state index in [1.807, 2.05) is 66.1 Å². The van der Waals surface area contributed by atoms with Gasteiger partial charge in [-0.25, -0.2) is 4.39 Å². The molecule has 4 aromatic rings. The number of benzene rings is 3. The zero-order valence-corrected chi connectivity index (χ0v) is 19.0. The van der Waals surface area contributed by atoms with Crippen LogP contribution in [0.2, 0.25) is 0 Å². The van der Waals surface area contributed by atoms with Gasteiger partial charge < -0.3 is 9.47 Å². The number of thioether (sulfide) groups is 1. The van der Waals surface area contributed by atoms with E-state index in [1.54, 1.807) is 7.11 Å². The third-order valence-corrected chi connectivity index (χ3v) is 5.84. The first kappa shape index (κ1) is 22.5. The number of methoxy groups -OCH3 is 1. The molecule has 3 aromatic carbocycles. The van der Waals surface area contributed by atoms with E-state index in [0.717, 1.165) is 11.4 Å². The largest absolute Gasteiger partial charge is 0.497 e. The fourth-order valence-electron chi connectivity index (χ4n) is 3.22. The molecule has 1 atom stereocenters. The first-order valence-corrected chi connectivity index (χ1v) is 11.3. The SMILES string of the molecule is COc1ccc(OC(C)c2nnc(SCC(=O)c3ccc(F)cc3)n2-c2ccccc2)cc1. The summed E-state index contributed by atoms with van der Waals surface area (Å²) in [5.41, 5.74) is 1.31. The molecular formula is C25H22FN3O3S. The summed E-state index contributed by atoms with van der Waals surface area (Å²) in [5.74, 6) is 1.67. The molecule has 0 aliphatic rings. The van der Waals surface area contributed by atoms with E-state index in [2.05, 4.69) is 10.2 Å². The molecule has 0 saturated carbocycles. The van der Waals surface area contributed by atoms with Gasteiger partial charge in [-0.2, -0.15) is 0 Å². The Morgan fingerprint density at radius 1 is 0.970 bits per heavy atom. The number of ketones is 1. The minimum atomic E-state index is -0.409. The highest BCUT2D eigenvalue weighted by molar-refractivity contribution is 7.99. The van der Waals surface area contributed by atoms with Gasteiger partial charge in [0.15, 0.2) is 22.9 Å². The van der Waals surface area contributed by atoms with Crippen molar-refractivity contribution < 1.29 is 18.7 Å². The molecule has 0 radical (unpaired) electrons. The molecule has 8 heteroatoms. The molecule has 1 heterocycles. The minimum absolute atomic E-state index is 0.119. The fraction of sp³-hybridized carbons (Fsp3) is 0.160. The van der Waals surface area contributed by atoms with Crippen molar-refractivity contribution in [1.29, 1.82) is 0 Å². The summed E-state index contributed by atoms with van der Waals surface area (Å²) in [4.78, 5) is 12.6. The van der Waals surface area contributed by atoms with E-state index in [-0.39, 0.29) is 17.4 Å². The van der Waals surface area contributed by atoms with Gasteiger partial charge in [0.25, 0.3) is 0 Å². The molecule has 0 aliphatic carbocycles. The lowest BCUT2D eigenvalue weighted by Gasteiger charge is -2.17. The van der Waals surface area contributed by atoms with Gasteiger partial charge in [-0.05, 0) is 67.6 Å². The number of ether oxygens (including phenoxy) is 2. The summed E-state index contributed by atoms with van der Waals surface area (Å²) >= 11 is 1.27. The van der Waals surface area contributed by atoms with Crippen molar-refractivity contribution in [2.24, 2.45) is 0 Å². The average molecular weight is 464 g/mol. The number of Topliss-reactive ketones (excluding diaryl/α,β-unsaturated/α-hetero) is 1. The number of halogens is 1. The quantitative estimate of drug-likeness (QED) is 0.240. The predicted octanol–water partition coefficient (Wildman–Crippen LogP) is 5.53. The van der Waals surface area contributed by atoms with E-state index in [9.17, 15) is 9.18 Å². The van der Waals surface area contributed by atoms with Crippen molar-refractivity contribution in [3.05, 3.63) is 96.1 Å². The lowest BCUT2D eigenvalue weighted by Crippen LogP contribution is -2.12. The van der Waals surface area contributed by atoms with Crippen molar-refractivity contribution in [1.82, 2.24) is 14.8 Å². The first-order valence-electron chi connectivity index (χ1n) is 10.3. The number of carbonyl (C=O) groups excluding carboxylic acids is 1. The third-order valence-electron chi connectivity index (χ3n) is 4.91. The molecule has 0 fully saturated rings. The van der Waals surface area contributed by atoms with Crippen molar-refractivity contribution >= 4 is 17.5 Å². The van der Waals surface area contributed by atoms with Crippen LogP contribution in [-0.2, 0) is 0 Å². The zero-order chi connectivity index (χ0) is 23.2. The highest BCUT2D eigenvalue weighted by atomic mass is 32.2. The molecule has 0 saturated heterocycles. The normalized spacial score (nSPS) is 11.7. The molecule has 0 N–H and O–H groups in total. The lowest BCUT2D eigenvalue weighted by molar-refractivity contribution is 0.102. The summed E-state index contributed by atoms with van der Waals surface area (Å²) < 4.78 is 26.3. The molecule has 4 rings (SSSR count). The molecule has 1 unspecified atom stereocenters. The number of hydrogen-bond donors (Lipinski definition) is 0. The molecule has 1 aromatic heterocycles. The number of para-hydroxylation sites is 1. The molecule has 0 spiro atoms. The van der Waals surface area contributed by atoms with Gasteiger partial charge in [-0.3, -0.25) is 9.36 Å². The van der Waals surface area contributed by atoms with Gasteiger partial charge >= 0.3 is 0 Å². The topological polar surface area (TPSA) is 66.2 Å². The summed E-state index contributed by atoms with van der Waals surface area (Å²) in [5, 5.41) is 9.26. The van der Waals surface area contributed by atoms with Gasteiger partial charge in [0.2, 0.25) is 0 Å². The molecule has 168 valence electrons. The van der Waals surface area contributed by atoms with Crippen molar-refractivity contribution in [3.63, 3.8) is 0 Å². The molecule has 0 bridgehead atoms. The van der Waals surface area contributed by atoms with Crippen LogP contribution in [0, 0.1) is 5.82 Å². The zero-order valence-electron chi connectivity index (χ0n) is 18.1. The van der Waals surface area contributed by atoms with Crippen LogP contribution in [0.3, 0.4) is 0 Å². The third kappa shape index (κ3) is 5.40. The number of rotatable bonds is 9. The van der Waals surface area contributed by atoms with E-state index in [4.69, 9.17) is 9.47 Å². The van der Waals surface area contributed by atoms with Crippen LogP contribution in [0.4, 0.5) is 4.39 Å². The maximum atomic E-state index is 13.2. The first-order chi connectivity index (χ1) is 16.0. The number of nitrogens with zero attached hydrogens (tertiary/aromatic N) is 3. The molecule has 0 aliphatic heterocycles. The van der Waals surface area contributed by atoms with Gasteiger partial charge in [-0.1, -0.05) is 30.0 Å². The molecule has 33 heavy (non-hydrogen) atoms. The summed E-state index contributed by atoms with van der Waals surface area (Å²) in [7, 11) is 1.61. The summed E-state index contributed by atoms with van der Waals surface area (Å²) in [6, 6.07) is 22.5. The van der Waals surface area contributed by atoms with Gasteiger partial charge in [0.05, 0.1) is 12.9 Å². The molecule has 0 amide bonds. The number of hydrogen-bond acceptors (Lipinski definition) is 6. The smallest absolute Gasteiger partial charge is 0.196 e. The minimum Gasteiger partial charge on any atom is -0.497 e. The lowest BCUT2D eigenvalue weighted by atomic mass is 10.1. The van der Waals surface area contributed by atoms with E-state index < -0.39 is 6.10 Å². The van der Waals surface area contributed by atoms with Crippen LogP contribution in [-0.4, -0.2) is 33.4 Å². The van der Waals surface area contributed by atoms with Gasteiger partial charge in [0.1, 0.15) is 17.3 Å². The second-order valence-corrected chi connectivity index (χ2v) is 8.11. The Morgan fingerprint density at radius 2 is 1.64 bits per heavy atom. The highest BCUT2D eigenvalue weighted by Crippen LogP contribution is 2.29. The maximum Gasteiger partial charge on any atom is 0.196 e.